The van der Waals surface area contributed by atoms with Crippen molar-refractivity contribution < 1.29 is 5.11 Å². The molecule has 0 aliphatic heterocycles. The normalized spacial score (nSPS) is 31.3. The molecule has 2 aliphatic rings. The Hall–Kier alpha value is -0.930. The average molecular weight is 204 g/mol. The molecule has 80 valence electrons. The van der Waals surface area contributed by atoms with E-state index in [1.54, 1.807) is 6.20 Å². The smallest absolute Gasteiger partial charge is 0.0705 e. The van der Waals surface area contributed by atoms with Gasteiger partial charge in [0, 0.05) is 12.4 Å². The van der Waals surface area contributed by atoms with Gasteiger partial charge in [0.15, 0.2) is 0 Å². The van der Waals surface area contributed by atoms with Crippen LogP contribution in [0, 0.1) is 5.41 Å². The minimum absolute atomic E-state index is 0.0456. The molecule has 3 heteroatoms. The summed E-state index contributed by atoms with van der Waals surface area (Å²) in [5, 5.41) is 9.63. The maximum atomic E-state index is 9.63. The number of hydrogen-bond donors (Lipinski definition) is 2. The number of aliphatic hydroxyl groups is 1. The second-order valence-electron chi connectivity index (χ2n) is 4.94. The first-order valence-corrected chi connectivity index (χ1v) is 5.55. The SMILES string of the molecule is NC1(CO)c2ccncc2CCC12CC2. The van der Waals surface area contributed by atoms with Gasteiger partial charge in [0.2, 0.25) is 0 Å². The molecule has 1 aromatic rings. The molecule has 0 saturated heterocycles. The van der Waals surface area contributed by atoms with Crippen LogP contribution in [-0.4, -0.2) is 16.7 Å². The van der Waals surface area contributed by atoms with Gasteiger partial charge in [-0.25, -0.2) is 0 Å². The number of aliphatic hydroxyl groups excluding tert-OH is 1. The van der Waals surface area contributed by atoms with Crippen molar-refractivity contribution in [2.24, 2.45) is 11.1 Å². The highest BCUT2D eigenvalue weighted by Crippen LogP contribution is 2.62. The summed E-state index contributed by atoms with van der Waals surface area (Å²) in [6.45, 7) is 0.0456. The fraction of sp³-hybridized carbons (Fsp3) is 0.583. The molecule has 1 spiro atoms. The van der Waals surface area contributed by atoms with Crippen LogP contribution in [0.4, 0.5) is 0 Å². The first-order valence-electron chi connectivity index (χ1n) is 5.55. The maximum Gasteiger partial charge on any atom is 0.0705 e. The molecular weight excluding hydrogens is 188 g/mol. The summed E-state index contributed by atoms with van der Waals surface area (Å²) in [5.74, 6) is 0. The fourth-order valence-corrected chi connectivity index (χ4v) is 3.04. The van der Waals surface area contributed by atoms with Crippen LogP contribution >= 0.6 is 0 Å². The van der Waals surface area contributed by atoms with Crippen molar-refractivity contribution in [3.63, 3.8) is 0 Å². The van der Waals surface area contributed by atoms with E-state index in [0.717, 1.165) is 31.2 Å². The lowest BCUT2D eigenvalue weighted by Crippen LogP contribution is -2.51. The highest BCUT2D eigenvalue weighted by atomic mass is 16.3. The number of nitrogens with zero attached hydrogens (tertiary/aromatic N) is 1. The predicted molar refractivity (Wildman–Crippen MR) is 57.2 cm³/mol. The lowest BCUT2D eigenvalue weighted by molar-refractivity contribution is 0.108. The van der Waals surface area contributed by atoms with Gasteiger partial charge < -0.3 is 10.8 Å². The molecule has 2 aliphatic carbocycles. The zero-order valence-electron chi connectivity index (χ0n) is 8.74. The summed E-state index contributed by atoms with van der Waals surface area (Å²) >= 11 is 0. The number of aromatic nitrogens is 1. The van der Waals surface area contributed by atoms with Gasteiger partial charge in [-0.2, -0.15) is 0 Å². The maximum absolute atomic E-state index is 9.63. The van der Waals surface area contributed by atoms with Crippen LogP contribution in [0.5, 0.6) is 0 Å². The quantitative estimate of drug-likeness (QED) is 0.716. The van der Waals surface area contributed by atoms with Crippen LogP contribution in [0.15, 0.2) is 18.5 Å². The second-order valence-corrected chi connectivity index (χ2v) is 4.94. The average Bonchev–Trinajstić information content (AvgIpc) is 3.06. The van der Waals surface area contributed by atoms with Crippen LogP contribution in [-0.2, 0) is 12.0 Å². The van der Waals surface area contributed by atoms with Crippen molar-refractivity contribution in [3.8, 4) is 0 Å². The number of rotatable bonds is 1. The molecule has 1 atom stereocenters. The Balaban J connectivity index is 2.16. The Morgan fingerprint density at radius 3 is 2.87 bits per heavy atom. The molecule has 1 aromatic heterocycles. The zero-order chi connectivity index (χ0) is 10.5. The van der Waals surface area contributed by atoms with Gasteiger partial charge in [-0.15, -0.1) is 0 Å². The molecule has 15 heavy (non-hydrogen) atoms. The van der Waals surface area contributed by atoms with E-state index in [0.29, 0.717) is 0 Å². The molecule has 3 nitrogen and oxygen atoms in total. The van der Waals surface area contributed by atoms with Crippen LogP contribution in [0.3, 0.4) is 0 Å². The number of nitrogens with two attached hydrogens (primary N) is 1. The molecular formula is C12H16N2O. The first kappa shape index (κ1) is 9.31. The fourth-order valence-electron chi connectivity index (χ4n) is 3.04. The van der Waals surface area contributed by atoms with Crippen molar-refractivity contribution >= 4 is 0 Å². The van der Waals surface area contributed by atoms with E-state index in [2.05, 4.69) is 4.98 Å². The van der Waals surface area contributed by atoms with E-state index in [-0.39, 0.29) is 12.0 Å². The van der Waals surface area contributed by atoms with E-state index in [4.69, 9.17) is 5.73 Å². The van der Waals surface area contributed by atoms with Crippen molar-refractivity contribution in [1.29, 1.82) is 0 Å². The minimum atomic E-state index is -0.524. The van der Waals surface area contributed by atoms with Crippen LogP contribution < -0.4 is 5.73 Å². The third kappa shape index (κ3) is 1.05. The summed E-state index contributed by atoms with van der Waals surface area (Å²) in [6.07, 6.45) is 8.14. The van der Waals surface area contributed by atoms with Crippen molar-refractivity contribution in [2.75, 3.05) is 6.61 Å². The highest BCUT2D eigenvalue weighted by Gasteiger charge is 2.59. The number of aryl methyl sites for hydroxylation is 1. The Kier molecular flexibility index (Phi) is 1.74. The van der Waals surface area contributed by atoms with Gasteiger partial charge in [-0.3, -0.25) is 4.98 Å². The second kappa shape index (κ2) is 2.80. The Morgan fingerprint density at radius 2 is 2.20 bits per heavy atom. The Bertz CT molecular complexity index is 400. The lowest BCUT2D eigenvalue weighted by atomic mass is 9.68. The standard InChI is InChI=1S/C12H16N2O/c13-12(8-15)10-2-6-14-7-9(10)1-3-11(12)4-5-11/h2,6-7,15H,1,3-5,8,13H2. The zero-order valence-corrected chi connectivity index (χ0v) is 8.74. The van der Waals surface area contributed by atoms with E-state index in [9.17, 15) is 5.11 Å². The summed E-state index contributed by atoms with van der Waals surface area (Å²) in [4.78, 5) is 4.13. The molecule has 0 amide bonds. The predicted octanol–water partition coefficient (Wildman–Crippen LogP) is 0.954. The molecule has 3 N–H and O–H groups in total. The van der Waals surface area contributed by atoms with Crippen molar-refractivity contribution in [2.45, 2.75) is 31.2 Å². The summed E-state index contributed by atoms with van der Waals surface area (Å²) in [7, 11) is 0. The monoisotopic (exact) mass is 204 g/mol. The molecule has 0 bridgehead atoms. The third-order valence-electron chi connectivity index (χ3n) is 4.31. The molecule has 3 rings (SSSR count). The van der Waals surface area contributed by atoms with Gasteiger partial charge in [0.1, 0.15) is 0 Å². The summed E-state index contributed by atoms with van der Waals surface area (Å²) in [5.41, 5.74) is 8.41. The van der Waals surface area contributed by atoms with E-state index >= 15 is 0 Å². The largest absolute Gasteiger partial charge is 0.394 e. The molecule has 1 heterocycles. The number of hydrogen-bond acceptors (Lipinski definition) is 3. The molecule has 1 unspecified atom stereocenters. The number of fused-ring (bicyclic) bond motifs is 1. The Morgan fingerprint density at radius 1 is 1.40 bits per heavy atom. The van der Waals surface area contributed by atoms with Gasteiger partial charge in [0.05, 0.1) is 12.1 Å². The molecule has 0 radical (unpaired) electrons. The third-order valence-corrected chi connectivity index (χ3v) is 4.31. The summed E-state index contributed by atoms with van der Waals surface area (Å²) < 4.78 is 0. The van der Waals surface area contributed by atoms with Crippen LogP contribution in [0.25, 0.3) is 0 Å². The van der Waals surface area contributed by atoms with E-state index in [1.165, 1.54) is 5.56 Å². The van der Waals surface area contributed by atoms with Gasteiger partial charge in [-0.1, -0.05) is 0 Å². The molecule has 0 aromatic carbocycles. The van der Waals surface area contributed by atoms with Gasteiger partial charge in [-0.05, 0) is 48.3 Å². The van der Waals surface area contributed by atoms with Crippen molar-refractivity contribution in [1.82, 2.24) is 4.98 Å². The topological polar surface area (TPSA) is 59.1 Å². The van der Waals surface area contributed by atoms with Gasteiger partial charge >= 0.3 is 0 Å². The molecule has 1 fully saturated rings. The van der Waals surface area contributed by atoms with Crippen LogP contribution in [0.1, 0.15) is 30.4 Å². The van der Waals surface area contributed by atoms with Crippen LogP contribution in [0.2, 0.25) is 0 Å². The first-order chi connectivity index (χ1) is 7.22. The summed E-state index contributed by atoms with van der Waals surface area (Å²) in [6, 6.07) is 1.98. The minimum Gasteiger partial charge on any atom is -0.394 e. The molecule has 1 saturated carbocycles. The number of pyridine rings is 1. The highest BCUT2D eigenvalue weighted by molar-refractivity contribution is 5.39. The Labute approximate surface area is 89.3 Å². The van der Waals surface area contributed by atoms with E-state index < -0.39 is 5.54 Å². The van der Waals surface area contributed by atoms with Gasteiger partial charge in [0.25, 0.3) is 0 Å². The van der Waals surface area contributed by atoms with E-state index in [1.807, 2.05) is 12.3 Å². The van der Waals surface area contributed by atoms with Crippen molar-refractivity contribution in [3.05, 3.63) is 29.6 Å². The lowest BCUT2D eigenvalue weighted by Gasteiger charge is -2.42.